The first kappa shape index (κ1) is 18.5. The third kappa shape index (κ3) is 3.23. The number of benzene rings is 2. The lowest BCUT2D eigenvalue weighted by Crippen LogP contribution is -2.10. The Labute approximate surface area is 186 Å². The van der Waals surface area contributed by atoms with Gasteiger partial charge in [-0.1, -0.05) is 36.4 Å². The smallest absolute Gasteiger partial charge is 0.291 e. The first-order valence-corrected chi connectivity index (χ1v) is 10.8. The second-order valence-electron chi connectivity index (χ2n) is 7.17. The molecule has 4 aromatic heterocycles. The average molecular weight is 437 g/mol. The third-order valence-corrected chi connectivity index (χ3v) is 5.96. The molecule has 4 heterocycles. The number of thiophene rings is 1. The maximum Gasteiger partial charge on any atom is 0.291 e. The van der Waals surface area contributed by atoms with Crippen molar-refractivity contribution in [1.82, 2.24) is 19.8 Å². The van der Waals surface area contributed by atoms with Crippen LogP contribution in [-0.2, 0) is 0 Å². The summed E-state index contributed by atoms with van der Waals surface area (Å²) >= 11 is 1.59. The Kier molecular flexibility index (Phi) is 4.29. The number of para-hydroxylation sites is 1. The van der Waals surface area contributed by atoms with Gasteiger partial charge in [-0.2, -0.15) is 9.61 Å². The van der Waals surface area contributed by atoms with Gasteiger partial charge in [-0.15, -0.1) is 21.5 Å². The molecule has 0 aliphatic heterocycles. The summed E-state index contributed by atoms with van der Waals surface area (Å²) in [7, 11) is 0. The molecule has 0 fully saturated rings. The summed E-state index contributed by atoms with van der Waals surface area (Å²) in [6.45, 7) is 0. The van der Waals surface area contributed by atoms with Crippen molar-refractivity contribution in [3.63, 3.8) is 0 Å². The molecule has 0 atom stereocenters. The van der Waals surface area contributed by atoms with E-state index in [0.717, 1.165) is 21.5 Å². The highest BCUT2D eigenvalue weighted by Gasteiger charge is 2.14. The number of rotatable bonds is 4. The Morgan fingerprint density at radius 3 is 2.62 bits per heavy atom. The van der Waals surface area contributed by atoms with Crippen molar-refractivity contribution in [2.75, 3.05) is 5.32 Å². The number of anilines is 1. The van der Waals surface area contributed by atoms with Crippen LogP contribution >= 0.6 is 11.3 Å². The van der Waals surface area contributed by atoms with Gasteiger partial charge in [0.05, 0.1) is 10.6 Å². The average Bonchev–Trinajstić information content (AvgIpc) is 3.58. The van der Waals surface area contributed by atoms with Crippen LogP contribution in [0.25, 0.3) is 38.6 Å². The minimum Gasteiger partial charge on any atom is -0.451 e. The van der Waals surface area contributed by atoms with Gasteiger partial charge < -0.3 is 9.73 Å². The van der Waals surface area contributed by atoms with E-state index in [1.807, 2.05) is 78.2 Å². The lowest BCUT2D eigenvalue weighted by molar-refractivity contribution is 0.0998. The second-order valence-corrected chi connectivity index (χ2v) is 8.12. The van der Waals surface area contributed by atoms with Gasteiger partial charge in [-0.25, -0.2) is 0 Å². The molecule has 6 rings (SSSR count). The fourth-order valence-corrected chi connectivity index (χ4v) is 4.21. The molecule has 0 unspecified atom stereocenters. The molecule has 0 aliphatic rings. The van der Waals surface area contributed by atoms with Crippen LogP contribution in [0.5, 0.6) is 0 Å². The van der Waals surface area contributed by atoms with E-state index in [1.54, 1.807) is 21.9 Å². The summed E-state index contributed by atoms with van der Waals surface area (Å²) in [6, 6.07) is 24.6. The van der Waals surface area contributed by atoms with Crippen LogP contribution in [0.4, 0.5) is 5.69 Å². The Morgan fingerprint density at radius 1 is 0.938 bits per heavy atom. The SMILES string of the molecule is O=C(Nc1ccc(-c2ccc3nnc(-c4cccs4)n3n2)cc1)c1cc2ccccc2o1. The van der Waals surface area contributed by atoms with E-state index in [1.165, 1.54) is 0 Å². The van der Waals surface area contributed by atoms with Crippen LogP contribution in [-0.4, -0.2) is 25.7 Å². The van der Waals surface area contributed by atoms with E-state index in [0.29, 0.717) is 22.7 Å². The quantitative estimate of drug-likeness (QED) is 0.393. The molecular weight excluding hydrogens is 422 g/mol. The predicted octanol–water partition coefficient (Wildman–Crippen LogP) is 5.52. The molecule has 1 amide bonds. The van der Waals surface area contributed by atoms with Gasteiger partial charge in [0.1, 0.15) is 5.58 Å². The molecule has 8 heteroatoms. The van der Waals surface area contributed by atoms with Crippen LogP contribution in [0.1, 0.15) is 10.6 Å². The molecule has 0 radical (unpaired) electrons. The number of aromatic nitrogens is 4. The Hall–Kier alpha value is -4.30. The number of nitrogens with one attached hydrogen (secondary N) is 1. The van der Waals surface area contributed by atoms with Gasteiger partial charge in [0, 0.05) is 16.6 Å². The van der Waals surface area contributed by atoms with Crippen molar-refractivity contribution in [2.45, 2.75) is 0 Å². The number of amides is 1. The zero-order valence-corrected chi connectivity index (χ0v) is 17.4. The van der Waals surface area contributed by atoms with E-state index in [-0.39, 0.29) is 11.7 Å². The van der Waals surface area contributed by atoms with Crippen LogP contribution in [0.3, 0.4) is 0 Å². The van der Waals surface area contributed by atoms with Crippen LogP contribution in [0.2, 0.25) is 0 Å². The summed E-state index contributed by atoms with van der Waals surface area (Å²) in [4.78, 5) is 13.6. The first-order valence-electron chi connectivity index (χ1n) is 9.91. The van der Waals surface area contributed by atoms with Crippen molar-refractivity contribution in [1.29, 1.82) is 0 Å². The standard InChI is InChI=1S/C24H15N5O2S/c30-24(20-14-16-4-1-2-5-19(16)31-20)25-17-9-7-15(8-10-17)18-11-12-22-26-27-23(29(22)28-18)21-6-3-13-32-21/h1-14H,(H,25,30). The zero-order chi connectivity index (χ0) is 21.5. The Balaban J connectivity index is 1.26. The van der Waals surface area contributed by atoms with Crippen molar-refractivity contribution in [3.8, 4) is 22.0 Å². The van der Waals surface area contributed by atoms with Gasteiger partial charge in [0.25, 0.3) is 5.91 Å². The molecule has 1 N–H and O–H groups in total. The minimum atomic E-state index is -0.293. The summed E-state index contributed by atoms with van der Waals surface area (Å²) in [5.74, 6) is 0.696. The van der Waals surface area contributed by atoms with Crippen LogP contribution in [0.15, 0.2) is 88.7 Å². The normalized spacial score (nSPS) is 11.2. The molecule has 0 aliphatic carbocycles. The van der Waals surface area contributed by atoms with E-state index < -0.39 is 0 Å². The lowest BCUT2D eigenvalue weighted by Gasteiger charge is -2.06. The highest BCUT2D eigenvalue weighted by Crippen LogP contribution is 2.25. The van der Waals surface area contributed by atoms with E-state index >= 15 is 0 Å². The molecule has 154 valence electrons. The monoisotopic (exact) mass is 437 g/mol. The number of carbonyl (C=O) groups is 1. The Bertz CT molecular complexity index is 1530. The van der Waals surface area contributed by atoms with Gasteiger partial charge >= 0.3 is 0 Å². The largest absolute Gasteiger partial charge is 0.451 e. The number of carbonyl (C=O) groups excluding carboxylic acids is 1. The molecule has 6 aromatic rings. The molecule has 0 saturated carbocycles. The summed E-state index contributed by atoms with van der Waals surface area (Å²) in [5.41, 5.74) is 3.74. The number of fused-ring (bicyclic) bond motifs is 2. The molecule has 7 nitrogen and oxygen atoms in total. The molecule has 0 saturated heterocycles. The van der Waals surface area contributed by atoms with Crippen LogP contribution in [0, 0.1) is 0 Å². The zero-order valence-electron chi connectivity index (χ0n) is 16.6. The fourth-order valence-electron chi connectivity index (χ4n) is 3.51. The minimum absolute atomic E-state index is 0.274. The van der Waals surface area contributed by atoms with Crippen molar-refractivity contribution in [2.24, 2.45) is 0 Å². The summed E-state index contributed by atoms with van der Waals surface area (Å²) < 4.78 is 7.38. The van der Waals surface area contributed by atoms with Gasteiger partial charge in [-0.3, -0.25) is 4.79 Å². The lowest BCUT2D eigenvalue weighted by atomic mass is 10.1. The third-order valence-electron chi connectivity index (χ3n) is 5.09. The second kappa shape index (κ2) is 7.44. The van der Waals surface area contributed by atoms with E-state index in [4.69, 9.17) is 9.52 Å². The highest BCUT2D eigenvalue weighted by atomic mass is 32.1. The molecule has 0 spiro atoms. The fraction of sp³-hybridized carbons (Fsp3) is 0. The van der Waals surface area contributed by atoms with Gasteiger partial charge in [-0.05, 0) is 47.8 Å². The van der Waals surface area contributed by atoms with Crippen LogP contribution < -0.4 is 5.32 Å². The number of nitrogens with zero attached hydrogens (tertiary/aromatic N) is 4. The summed E-state index contributed by atoms with van der Waals surface area (Å²) in [5, 5.41) is 19.0. The number of hydrogen-bond acceptors (Lipinski definition) is 6. The molecule has 32 heavy (non-hydrogen) atoms. The first-order chi connectivity index (χ1) is 15.7. The number of hydrogen-bond donors (Lipinski definition) is 1. The number of furan rings is 1. The molecule has 2 aromatic carbocycles. The van der Waals surface area contributed by atoms with Crippen molar-refractivity contribution < 1.29 is 9.21 Å². The molecular formula is C24H15N5O2S. The Morgan fingerprint density at radius 2 is 1.81 bits per heavy atom. The predicted molar refractivity (Wildman–Crippen MR) is 124 cm³/mol. The summed E-state index contributed by atoms with van der Waals surface area (Å²) in [6.07, 6.45) is 0. The topological polar surface area (TPSA) is 85.3 Å². The molecule has 0 bridgehead atoms. The van der Waals surface area contributed by atoms with Crippen molar-refractivity contribution in [3.05, 3.63) is 90.0 Å². The van der Waals surface area contributed by atoms with Crippen molar-refractivity contribution >= 4 is 39.5 Å². The maximum absolute atomic E-state index is 12.6. The van der Waals surface area contributed by atoms with Gasteiger partial charge in [0.15, 0.2) is 17.2 Å². The van der Waals surface area contributed by atoms with Gasteiger partial charge in [0.2, 0.25) is 0 Å². The van der Waals surface area contributed by atoms with E-state index in [2.05, 4.69) is 15.5 Å². The van der Waals surface area contributed by atoms with E-state index in [9.17, 15) is 4.79 Å². The highest BCUT2D eigenvalue weighted by molar-refractivity contribution is 7.13. The maximum atomic E-state index is 12.6.